The van der Waals surface area contributed by atoms with Crippen molar-refractivity contribution in [3.05, 3.63) is 28.4 Å². The Morgan fingerprint density at radius 1 is 1.21 bits per heavy atom. The van der Waals surface area contributed by atoms with Crippen LogP contribution in [-0.4, -0.2) is 17.1 Å². The molecule has 2 heterocycles. The number of hydrogen-bond donors (Lipinski definition) is 0. The molecule has 0 unspecified atom stereocenters. The maximum Gasteiger partial charge on any atom is 0.213 e. The highest BCUT2D eigenvalue weighted by Crippen LogP contribution is 2.25. The van der Waals surface area contributed by atoms with Crippen molar-refractivity contribution in [2.24, 2.45) is 0 Å². The van der Waals surface area contributed by atoms with Crippen molar-refractivity contribution in [2.75, 3.05) is 7.11 Å². The highest BCUT2D eigenvalue weighted by atomic mass is 35.5. The van der Waals surface area contributed by atoms with E-state index in [1.807, 2.05) is 0 Å². The second-order valence-electron chi connectivity index (χ2n) is 2.65. The van der Waals surface area contributed by atoms with Gasteiger partial charge in [-0.3, -0.25) is 0 Å². The molecule has 2 aromatic heterocycles. The number of aromatic nitrogens is 2. The summed E-state index contributed by atoms with van der Waals surface area (Å²) in [6, 6.07) is 5.03. The van der Waals surface area contributed by atoms with Crippen LogP contribution in [0.3, 0.4) is 0 Å². The van der Waals surface area contributed by atoms with Gasteiger partial charge in [-0.05, 0) is 12.1 Å². The molecule has 0 radical (unpaired) electrons. The first-order valence-electron chi connectivity index (χ1n) is 3.87. The summed E-state index contributed by atoms with van der Waals surface area (Å²) >= 11 is 11.7. The van der Waals surface area contributed by atoms with Gasteiger partial charge < -0.3 is 4.74 Å². The van der Waals surface area contributed by atoms with E-state index in [4.69, 9.17) is 27.9 Å². The highest BCUT2D eigenvalue weighted by Gasteiger charge is 2.05. The number of nitrogens with zero attached hydrogens (tertiary/aromatic N) is 2. The molecule has 0 amide bonds. The number of halogens is 2. The van der Waals surface area contributed by atoms with Crippen LogP contribution in [-0.2, 0) is 0 Å². The van der Waals surface area contributed by atoms with Crippen molar-refractivity contribution in [2.45, 2.75) is 0 Å². The summed E-state index contributed by atoms with van der Waals surface area (Å²) in [7, 11) is 1.55. The second kappa shape index (κ2) is 3.59. The fourth-order valence-electron chi connectivity index (χ4n) is 1.13. The Morgan fingerprint density at radius 2 is 2.00 bits per heavy atom. The monoisotopic (exact) mass is 228 g/mol. The van der Waals surface area contributed by atoms with Crippen molar-refractivity contribution in [3.63, 3.8) is 0 Å². The van der Waals surface area contributed by atoms with E-state index in [1.165, 1.54) is 0 Å². The quantitative estimate of drug-likeness (QED) is 0.705. The minimum Gasteiger partial charge on any atom is -0.481 e. The average Bonchev–Trinajstić information content (AvgIpc) is 2.17. The highest BCUT2D eigenvalue weighted by molar-refractivity contribution is 6.37. The van der Waals surface area contributed by atoms with Crippen molar-refractivity contribution >= 4 is 34.2 Å². The Balaban J connectivity index is 2.75. The lowest BCUT2D eigenvalue weighted by Crippen LogP contribution is -1.90. The van der Waals surface area contributed by atoms with Gasteiger partial charge in [0.15, 0.2) is 0 Å². The molecule has 14 heavy (non-hydrogen) atoms. The summed E-state index contributed by atoms with van der Waals surface area (Å²) < 4.78 is 4.98. The number of rotatable bonds is 1. The predicted octanol–water partition coefficient (Wildman–Crippen LogP) is 2.95. The van der Waals surface area contributed by atoms with Gasteiger partial charge >= 0.3 is 0 Å². The Bertz CT molecular complexity index is 487. The third-order valence-electron chi connectivity index (χ3n) is 1.76. The smallest absolute Gasteiger partial charge is 0.213 e. The van der Waals surface area contributed by atoms with Crippen LogP contribution in [0.25, 0.3) is 11.0 Å². The Hall–Kier alpha value is -1.06. The van der Waals surface area contributed by atoms with Gasteiger partial charge in [-0.1, -0.05) is 23.2 Å². The first-order chi connectivity index (χ1) is 6.70. The number of fused-ring (bicyclic) bond motifs is 1. The molecule has 2 rings (SSSR count). The van der Waals surface area contributed by atoms with Crippen LogP contribution in [0.1, 0.15) is 0 Å². The van der Waals surface area contributed by atoms with Gasteiger partial charge in [0, 0.05) is 6.07 Å². The zero-order valence-electron chi connectivity index (χ0n) is 7.29. The lowest BCUT2D eigenvalue weighted by molar-refractivity contribution is 0.399. The van der Waals surface area contributed by atoms with Gasteiger partial charge in [0.05, 0.1) is 17.6 Å². The van der Waals surface area contributed by atoms with E-state index in [0.29, 0.717) is 27.1 Å². The van der Waals surface area contributed by atoms with E-state index in [0.717, 1.165) is 0 Å². The summed E-state index contributed by atoms with van der Waals surface area (Å²) in [6.07, 6.45) is 0. The van der Waals surface area contributed by atoms with Crippen LogP contribution >= 0.6 is 23.2 Å². The molecule has 72 valence electrons. The molecule has 3 nitrogen and oxygen atoms in total. The summed E-state index contributed by atoms with van der Waals surface area (Å²) in [5.74, 6) is 0.503. The van der Waals surface area contributed by atoms with Crippen molar-refractivity contribution in [1.82, 2.24) is 9.97 Å². The van der Waals surface area contributed by atoms with Gasteiger partial charge in [0.1, 0.15) is 10.7 Å². The molecule has 0 aliphatic heterocycles. The number of ether oxygens (including phenoxy) is 1. The van der Waals surface area contributed by atoms with Crippen LogP contribution in [0, 0.1) is 0 Å². The summed E-state index contributed by atoms with van der Waals surface area (Å²) in [4.78, 5) is 8.23. The molecule has 0 bridgehead atoms. The average molecular weight is 229 g/mol. The number of pyridine rings is 2. The van der Waals surface area contributed by atoms with Crippen LogP contribution < -0.4 is 4.74 Å². The van der Waals surface area contributed by atoms with E-state index in [-0.39, 0.29) is 0 Å². The molecule has 0 N–H and O–H groups in total. The second-order valence-corrected chi connectivity index (χ2v) is 3.44. The first kappa shape index (κ1) is 9.49. The molecule has 2 aromatic rings. The van der Waals surface area contributed by atoms with Gasteiger partial charge in [-0.15, -0.1) is 0 Å². The molecule has 0 atom stereocenters. The normalized spacial score (nSPS) is 10.5. The van der Waals surface area contributed by atoms with E-state index in [9.17, 15) is 0 Å². The van der Waals surface area contributed by atoms with Crippen LogP contribution in [0.4, 0.5) is 0 Å². The molecule has 5 heteroatoms. The minimum atomic E-state index is 0.356. The maximum absolute atomic E-state index is 5.95. The molecule has 0 saturated heterocycles. The van der Waals surface area contributed by atoms with E-state index in [2.05, 4.69) is 9.97 Å². The third kappa shape index (κ3) is 1.61. The van der Waals surface area contributed by atoms with E-state index in [1.54, 1.807) is 25.3 Å². The first-order valence-corrected chi connectivity index (χ1v) is 4.63. The zero-order valence-corrected chi connectivity index (χ0v) is 8.80. The van der Waals surface area contributed by atoms with Gasteiger partial charge in [-0.25, -0.2) is 9.97 Å². The molecule has 0 aliphatic rings. The summed E-state index contributed by atoms with van der Waals surface area (Å²) in [5, 5.41) is 0.827. The topological polar surface area (TPSA) is 35.0 Å². The maximum atomic E-state index is 5.95. The minimum absolute atomic E-state index is 0.356. The molecular formula is C9H6Cl2N2O. The van der Waals surface area contributed by atoms with Gasteiger partial charge in [0.25, 0.3) is 0 Å². The fraction of sp³-hybridized carbons (Fsp3) is 0.111. The number of methoxy groups -OCH3 is 1. The lowest BCUT2D eigenvalue weighted by Gasteiger charge is -2.02. The molecule has 0 saturated carbocycles. The van der Waals surface area contributed by atoms with Gasteiger partial charge in [0.2, 0.25) is 5.88 Å². The van der Waals surface area contributed by atoms with Crippen molar-refractivity contribution < 1.29 is 4.74 Å². The van der Waals surface area contributed by atoms with Crippen LogP contribution in [0.15, 0.2) is 18.2 Å². The fourth-order valence-corrected chi connectivity index (χ4v) is 1.63. The Labute approximate surface area is 90.6 Å². The molecule has 0 spiro atoms. The third-order valence-corrected chi connectivity index (χ3v) is 2.24. The lowest BCUT2D eigenvalue weighted by atomic mass is 10.3. The predicted molar refractivity (Wildman–Crippen MR) is 56.1 cm³/mol. The van der Waals surface area contributed by atoms with E-state index < -0.39 is 0 Å². The molecule has 0 aromatic carbocycles. The summed E-state index contributed by atoms with van der Waals surface area (Å²) in [5.41, 5.74) is 1.25. The molecule has 0 fully saturated rings. The zero-order chi connectivity index (χ0) is 10.1. The standard InChI is InChI=1S/C9H6Cl2N2O/c1-14-8-3-2-6-9(13-8)5(10)4-7(11)12-6/h2-4H,1H3. The van der Waals surface area contributed by atoms with Crippen LogP contribution in [0.5, 0.6) is 5.88 Å². The largest absolute Gasteiger partial charge is 0.481 e. The number of hydrogen-bond acceptors (Lipinski definition) is 3. The van der Waals surface area contributed by atoms with Gasteiger partial charge in [-0.2, -0.15) is 0 Å². The molecular weight excluding hydrogens is 223 g/mol. The SMILES string of the molecule is COc1ccc2nc(Cl)cc(Cl)c2n1. The molecule has 0 aliphatic carbocycles. The van der Waals surface area contributed by atoms with Crippen molar-refractivity contribution in [3.8, 4) is 5.88 Å². The Morgan fingerprint density at radius 3 is 2.71 bits per heavy atom. The van der Waals surface area contributed by atoms with E-state index >= 15 is 0 Å². The van der Waals surface area contributed by atoms with Crippen molar-refractivity contribution in [1.29, 1.82) is 0 Å². The summed E-state index contributed by atoms with van der Waals surface area (Å²) in [6.45, 7) is 0. The van der Waals surface area contributed by atoms with Crippen LogP contribution in [0.2, 0.25) is 10.2 Å². The Kier molecular flexibility index (Phi) is 2.44.